The Bertz CT molecular complexity index is 506. The first-order chi connectivity index (χ1) is 8.78. The normalized spacial score (nSPS) is 45.9. The third-order valence-electron chi connectivity index (χ3n) is 5.08. The van der Waals surface area contributed by atoms with Crippen molar-refractivity contribution in [1.29, 1.82) is 0 Å². The summed E-state index contributed by atoms with van der Waals surface area (Å²) in [7, 11) is 0. The predicted molar refractivity (Wildman–Crippen MR) is 69.0 cm³/mol. The van der Waals surface area contributed by atoms with Gasteiger partial charge in [0, 0.05) is 23.5 Å². The largest absolute Gasteiger partial charge is 0.426 e. The van der Waals surface area contributed by atoms with Gasteiger partial charge in [-0.05, 0) is 31.6 Å². The molecule has 19 heavy (non-hydrogen) atoms. The van der Waals surface area contributed by atoms with Crippen molar-refractivity contribution in [2.45, 2.75) is 51.4 Å². The molecule has 0 aromatic heterocycles. The molecule has 4 nitrogen and oxygen atoms in total. The van der Waals surface area contributed by atoms with E-state index in [2.05, 4.69) is 6.58 Å². The Balaban J connectivity index is 2.12. The Morgan fingerprint density at radius 2 is 2.16 bits per heavy atom. The van der Waals surface area contributed by atoms with Crippen LogP contribution in [-0.2, 0) is 9.53 Å². The molecule has 0 amide bonds. The second kappa shape index (κ2) is 3.70. The van der Waals surface area contributed by atoms with Gasteiger partial charge in [0.1, 0.15) is 0 Å². The average Bonchev–Trinajstić information content (AvgIpc) is 2.47. The number of hydrogen-bond acceptors (Lipinski definition) is 4. The van der Waals surface area contributed by atoms with Gasteiger partial charge >= 0.3 is 5.97 Å². The smallest absolute Gasteiger partial charge is 0.336 e. The number of aliphatic hydroxyl groups excluding tert-OH is 1. The minimum absolute atomic E-state index is 0.0963. The van der Waals surface area contributed by atoms with Gasteiger partial charge in [0.25, 0.3) is 0 Å². The van der Waals surface area contributed by atoms with Crippen LogP contribution in [0.2, 0.25) is 0 Å². The van der Waals surface area contributed by atoms with E-state index in [1.54, 1.807) is 6.92 Å². The number of esters is 1. The van der Waals surface area contributed by atoms with Crippen molar-refractivity contribution in [2.24, 2.45) is 11.3 Å². The summed E-state index contributed by atoms with van der Waals surface area (Å²) in [5, 5.41) is 21.3. The van der Waals surface area contributed by atoms with Gasteiger partial charge < -0.3 is 14.9 Å². The quantitative estimate of drug-likeness (QED) is 0.516. The maximum atomic E-state index is 11.7. The second-order valence-corrected chi connectivity index (χ2v) is 6.48. The van der Waals surface area contributed by atoms with Crippen LogP contribution in [0.5, 0.6) is 0 Å². The highest BCUT2D eigenvalue weighted by Crippen LogP contribution is 2.58. The molecular formula is C15H20O4. The third-order valence-corrected chi connectivity index (χ3v) is 5.08. The minimum atomic E-state index is -1.62. The molecule has 2 saturated carbocycles. The summed E-state index contributed by atoms with van der Waals surface area (Å²) in [5.74, 6) is -2.24. The predicted octanol–water partition coefficient (Wildman–Crippen LogP) is 1.68. The number of rotatable bonds is 0. The maximum absolute atomic E-state index is 11.7. The summed E-state index contributed by atoms with van der Waals surface area (Å²) in [6, 6.07) is 0. The van der Waals surface area contributed by atoms with Crippen LogP contribution in [0.1, 0.15) is 39.5 Å². The highest BCUT2D eigenvalue weighted by Gasteiger charge is 2.61. The number of fused-ring (bicyclic) bond motifs is 2. The van der Waals surface area contributed by atoms with Gasteiger partial charge in [-0.3, -0.25) is 0 Å². The molecular weight excluding hydrogens is 244 g/mol. The molecule has 0 bridgehead atoms. The Kier molecular flexibility index (Phi) is 2.51. The van der Waals surface area contributed by atoms with Crippen LogP contribution in [-0.4, -0.2) is 28.1 Å². The molecule has 2 aliphatic carbocycles. The Morgan fingerprint density at radius 1 is 1.47 bits per heavy atom. The molecule has 4 atom stereocenters. The monoisotopic (exact) mass is 264 g/mol. The van der Waals surface area contributed by atoms with Crippen LogP contribution in [0.25, 0.3) is 0 Å². The molecule has 104 valence electrons. The molecule has 0 aromatic carbocycles. The Hall–Kier alpha value is -1.13. The van der Waals surface area contributed by atoms with E-state index in [4.69, 9.17) is 4.74 Å². The van der Waals surface area contributed by atoms with Crippen LogP contribution in [0.15, 0.2) is 23.3 Å². The molecule has 0 aromatic rings. The van der Waals surface area contributed by atoms with Crippen LogP contribution in [0.4, 0.5) is 0 Å². The van der Waals surface area contributed by atoms with E-state index in [-0.39, 0.29) is 11.3 Å². The van der Waals surface area contributed by atoms with E-state index < -0.39 is 17.9 Å². The molecule has 0 spiro atoms. The van der Waals surface area contributed by atoms with Crippen LogP contribution >= 0.6 is 0 Å². The van der Waals surface area contributed by atoms with Crippen LogP contribution < -0.4 is 0 Å². The van der Waals surface area contributed by atoms with E-state index in [1.807, 2.05) is 6.92 Å². The fourth-order valence-corrected chi connectivity index (χ4v) is 4.31. The van der Waals surface area contributed by atoms with E-state index in [1.165, 1.54) is 0 Å². The van der Waals surface area contributed by atoms with E-state index in [0.717, 1.165) is 24.8 Å². The first kappa shape index (κ1) is 12.9. The number of ether oxygens (including phenoxy) is 1. The fourth-order valence-electron chi connectivity index (χ4n) is 4.31. The van der Waals surface area contributed by atoms with Crippen molar-refractivity contribution < 1.29 is 19.7 Å². The zero-order valence-electron chi connectivity index (χ0n) is 11.4. The Labute approximate surface area is 112 Å². The first-order valence-electron chi connectivity index (χ1n) is 6.81. The van der Waals surface area contributed by atoms with Crippen molar-refractivity contribution >= 4 is 5.97 Å². The van der Waals surface area contributed by atoms with Gasteiger partial charge in [0.15, 0.2) is 0 Å². The number of aliphatic hydroxyl groups is 2. The summed E-state index contributed by atoms with van der Waals surface area (Å²) in [4.78, 5) is 11.7. The third kappa shape index (κ3) is 1.56. The van der Waals surface area contributed by atoms with Crippen molar-refractivity contribution in [1.82, 2.24) is 0 Å². The van der Waals surface area contributed by atoms with Gasteiger partial charge in [0.05, 0.1) is 6.10 Å². The van der Waals surface area contributed by atoms with Gasteiger partial charge in [-0.25, -0.2) is 4.79 Å². The molecule has 4 heteroatoms. The molecule has 2 N–H and O–H groups in total. The van der Waals surface area contributed by atoms with E-state index >= 15 is 0 Å². The topological polar surface area (TPSA) is 66.8 Å². The van der Waals surface area contributed by atoms with Crippen molar-refractivity contribution in [3.8, 4) is 0 Å². The average molecular weight is 264 g/mol. The molecule has 3 aliphatic rings. The van der Waals surface area contributed by atoms with Crippen LogP contribution in [0, 0.1) is 11.3 Å². The molecule has 0 radical (unpaired) electrons. The number of carbonyl (C=O) groups excluding carboxylic acids is 1. The maximum Gasteiger partial charge on any atom is 0.336 e. The minimum Gasteiger partial charge on any atom is -0.426 e. The van der Waals surface area contributed by atoms with Crippen molar-refractivity contribution in [3.05, 3.63) is 23.3 Å². The lowest BCUT2D eigenvalue weighted by Crippen LogP contribution is -2.55. The van der Waals surface area contributed by atoms with Gasteiger partial charge in [-0.15, -0.1) is 0 Å². The van der Waals surface area contributed by atoms with Crippen molar-refractivity contribution in [2.75, 3.05) is 0 Å². The van der Waals surface area contributed by atoms with Crippen molar-refractivity contribution in [3.63, 3.8) is 0 Å². The number of carbonyl (C=O) groups is 1. The van der Waals surface area contributed by atoms with Gasteiger partial charge in [-0.2, -0.15) is 0 Å². The summed E-state index contributed by atoms with van der Waals surface area (Å²) in [5.41, 5.74) is 1.44. The molecule has 1 aliphatic heterocycles. The Morgan fingerprint density at radius 3 is 2.84 bits per heavy atom. The second-order valence-electron chi connectivity index (χ2n) is 6.48. The lowest BCUT2D eigenvalue weighted by atomic mass is 9.55. The van der Waals surface area contributed by atoms with E-state index in [9.17, 15) is 15.0 Å². The molecule has 2 fully saturated rings. The lowest BCUT2D eigenvalue weighted by Gasteiger charge is -2.52. The molecule has 1 heterocycles. The SMILES string of the molecule is C=C1CCC[C@]2(C)C[C@]3(O)OC(=O)C(C)=C3[C@@H](O)[C@@H]12. The van der Waals surface area contributed by atoms with Gasteiger partial charge in [-0.1, -0.05) is 19.1 Å². The highest BCUT2D eigenvalue weighted by atomic mass is 16.7. The highest BCUT2D eigenvalue weighted by molar-refractivity contribution is 5.92. The molecule has 0 unspecified atom stereocenters. The van der Waals surface area contributed by atoms with Gasteiger partial charge in [0.2, 0.25) is 5.79 Å². The lowest BCUT2D eigenvalue weighted by molar-refractivity contribution is -0.213. The fraction of sp³-hybridized carbons (Fsp3) is 0.667. The zero-order valence-corrected chi connectivity index (χ0v) is 11.4. The summed E-state index contributed by atoms with van der Waals surface area (Å²) in [6.45, 7) is 7.73. The number of hydrogen-bond donors (Lipinski definition) is 2. The molecule has 0 saturated heterocycles. The zero-order chi connectivity index (χ0) is 14.0. The molecule has 3 rings (SSSR count). The summed E-state index contributed by atoms with van der Waals surface area (Å²) in [6.07, 6.45) is 2.28. The summed E-state index contributed by atoms with van der Waals surface area (Å²) >= 11 is 0. The standard InChI is InChI=1S/C15H20O4/c1-8-5-4-6-14(3)7-15(18)11(12(16)10(8)14)9(2)13(17)19-15/h10,12,16,18H,1,4-7H2,2-3H3/t10-,12+,14-,15+/m1/s1. The first-order valence-corrected chi connectivity index (χ1v) is 6.81. The van der Waals surface area contributed by atoms with Crippen LogP contribution in [0.3, 0.4) is 0 Å². The van der Waals surface area contributed by atoms with E-state index in [0.29, 0.717) is 17.6 Å². The summed E-state index contributed by atoms with van der Waals surface area (Å²) < 4.78 is 5.14.